The van der Waals surface area contributed by atoms with E-state index in [2.05, 4.69) is 20.3 Å². The van der Waals surface area contributed by atoms with Crippen LogP contribution in [0.2, 0.25) is 5.02 Å². The summed E-state index contributed by atoms with van der Waals surface area (Å²) in [6, 6.07) is 15.0. The van der Waals surface area contributed by atoms with Gasteiger partial charge < -0.3 is 4.98 Å². The lowest BCUT2D eigenvalue weighted by Crippen LogP contribution is -2.12. The molecule has 0 bridgehead atoms. The Morgan fingerprint density at radius 1 is 1.16 bits per heavy atom. The van der Waals surface area contributed by atoms with Gasteiger partial charge in [-0.15, -0.1) is 11.3 Å². The number of nitrogens with zero attached hydrogens (tertiary/aromatic N) is 2. The average molecular weight is 369 g/mol. The Kier molecular flexibility index (Phi) is 3.99. The first-order valence-electron chi connectivity index (χ1n) is 7.59. The van der Waals surface area contributed by atoms with Gasteiger partial charge in [0.1, 0.15) is 9.88 Å². The maximum atomic E-state index is 12.6. The van der Waals surface area contributed by atoms with Crippen LogP contribution in [0.15, 0.2) is 48.5 Å². The number of aryl methyl sites for hydroxylation is 1. The number of halogens is 1. The minimum absolute atomic E-state index is 0.234. The first-order chi connectivity index (χ1) is 12.1. The average Bonchev–Trinajstić information content (AvgIpc) is 3.17. The molecule has 4 rings (SSSR count). The number of amides is 1. The van der Waals surface area contributed by atoms with Gasteiger partial charge in [-0.2, -0.15) is 0 Å². The van der Waals surface area contributed by atoms with Crippen LogP contribution in [0, 0.1) is 6.92 Å². The van der Waals surface area contributed by atoms with Crippen LogP contribution < -0.4 is 5.32 Å². The minimum atomic E-state index is -0.234. The number of nitrogens with one attached hydrogen (secondary N) is 2. The summed E-state index contributed by atoms with van der Waals surface area (Å²) in [5.41, 5.74) is 3.24. The topological polar surface area (TPSA) is 70.7 Å². The van der Waals surface area contributed by atoms with Crippen molar-refractivity contribution in [1.29, 1.82) is 0 Å². The van der Waals surface area contributed by atoms with Crippen LogP contribution in [0.3, 0.4) is 0 Å². The molecule has 2 aromatic heterocycles. The second-order valence-electron chi connectivity index (χ2n) is 5.50. The summed E-state index contributed by atoms with van der Waals surface area (Å²) in [6.45, 7) is 1.82. The Balaban J connectivity index is 1.62. The van der Waals surface area contributed by atoms with Crippen LogP contribution in [0.4, 0.5) is 5.95 Å². The Bertz CT molecular complexity index is 1050. The molecule has 2 N–H and O–H groups in total. The Labute approximate surface area is 152 Å². The predicted octanol–water partition coefficient (Wildman–Crippen LogP) is 4.90. The van der Waals surface area contributed by atoms with E-state index in [0.29, 0.717) is 21.5 Å². The summed E-state index contributed by atoms with van der Waals surface area (Å²) in [6.07, 6.45) is 0. The number of aromatic nitrogens is 3. The fourth-order valence-corrected chi connectivity index (χ4v) is 3.68. The zero-order valence-corrected chi connectivity index (χ0v) is 14.8. The van der Waals surface area contributed by atoms with Gasteiger partial charge in [0.2, 0.25) is 5.95 Å². The molecule has 124 valence electrons. The highest BCUT2D eigenvalue weighted by molar-refractivity contribution is 7.17. The smallest absolute Gasteiger partial charge is 0.269 e. The van der Waals surface area contributed by atoms with E-state index in [-0.39, 0.29) is 5.91 Å². The molecule has 7 heteroatoms. The van der Waals surface area contributed by atoms with Crippen LogP contribution in [0.25, 0.3) is 21.6 Å². The minimum Gasteiger partial charge on any atom is -0.324 e. The molecule has 25 heavy (non-hydrogen) atoms. The molecule has 0 aliphatic rings. The first-order valence-corrected chi connectivity index (χ1v) is 8.79. The van der Waals surface area contributed by atoms with Gasteiger partial charge in [0.05, 0.1) is 16.7 Å². The standard InChI is InChI=1S/C18H13ClN4OS/c1-10-15(25-17(20-10)11-5-4-6-12(19)9-11)16(24)23-18-21-13-7-2-3-8-14(13)22-18/h2-9H,1H3,(H2,21,22,23,24). The second-order valence-corrected chi connectivity index (χ2v) is 6.94. The molecule has 0 radical (unpaired) electrons. The second kappa shape index (κ2) is 6.31. The molecule has 0 spiro atoms. The molecular weight excluding hydrogens is 356 g/mol. The summed E-state index contributed by atoms with van der Waals surface area (Å²) in [5.74, 6) is 0.186. The van der Waals surface area contributed by atoms with Crippen molar-refractivity contribution < 1.29 is 4.79 Å². The molecule has 0 aliphatic carbocycles. The number of carbonyl (C=O) groups is 1. The highest BCUT2D eigenvalue weighted by Gasteiger charge is 2.17. The number of imidazole rings is 1. The van der Waals surface area contributed by atoms with Crippen molar-refractivity contribution in [3.8, 4) is 10.6 Å². The maximum Gasteiger partial charge on any atom is 0.269 e. The molecule has 2 heterocycles. The maximum absolute atomic E-state index is 12.6. The zero-order chi connectivity index (χ0) is 17.4. The molecule has 4 aromatic rings. The zero-order valence-electron chi connectivity index (χ0n) is 13.2. The number of hydrogen-bond acceptors (Lipinski definition) is 4. The van der Waals surface area contributed by atoms with E-state index in [1.807, 2.05) is 49.4 Å². The molecule has 0 atom stereocenters. The number of benzene rings is 2. The number of carbonyl (C=O) groups excluding carboxylic acids is 1. The third kappa shape index (κ3) is 3.14. The Morgan fingerprint density at radius 3 is 2.80 bits per heavy atom. The molecule has 2 aromatic carbocycles. The molecule has 0 aliphatic heterocycles. The van der Waals surface area contributed by atoms with Crippen molar-refractivity contribution >= 4 is 45.8 Å². The normalized spacial score (nSPS) is 11.0. The Hall–Kier alpha value is -2.70. The lowest BCUT2D eigenvalue weighted by atomic mass is 10.2. The SMILES string of the molecule is Cc1nc(-c2cccc(Cl)c2)sc1C(=O)Nc1nc2ccccc2[nH]1. The molecular formula is C18H13ClN4OS. The largest absolute Gasteiger partial charge is 0.324 e. The highest BCUT2D eigenvalue weighted by Crippen LogP contribution is 2.30. The molecule has 5 nitrogen and oxygen atoms in total. The summed E-state index contributed by atoms with van der Waals surface area (Å²) < 4.78 is 0. The van der Waals surface area contributed by atoms with Gasteiger partial charge in [0, 0.05) is 10.6 Å². The molecule has 0 saturated heterocycles. The van der Waals surface area contributed by atoms with Crippen molar-refractivity contribution in [2.45, 2.75) is 6.92 Å². The van der Waals surface area contributed by atoms with E-state index in [1.165, 1.54) is 11.3 Å². The van der Waals surface area contributed by atoms with Gasteiger partial charge in [-0.3, -0.25) is 10.1 Å². The van der Waals surface area contributed by atoms with Gasteiger partial charge >= 0.3 is 0 Å². The number of hydrogen-bond donors (Lipinski definition) is 2. The van der Waals surface area contributed by atoms with Crippen LogP contribution in [-0.2, 0) is 0 Å². The quantitative estimate of drug-likeness (QED) is 0.540. The molecule has 0 saturated carbocycles. The number of H-pyrrole nitrogens is 1. The summed E-state index contributed by atoms with van der Waals surface area (Å²) >= 11 is 7.37. The summed E-state index contributed by atoms with van der Waals surface area (Å²) in [4.78, 5) is 25.1. The van der Waals surface area contributed by atoms with Crippen molar-refractivity contribution in [2.24, 2.45) is 0 Å². The van der Waals surface area contributed by atoms with Crippen molar-refractivity contribution in [2.75, 3.05) is 5.32 Å². The molecule has 1 amide bonds. The van der Waals surface area contributed by atoms with Crippen LogP contribution >= 0.6 is 22.9 Å². The Morgan fingerprint density at radius 2 is 2.00 bits per heavy atom. The van der Waals surface area contributed by atoms with E-state index in [1.54, 1.807) is 6.07 Å². The van der Waals surface area contributed by atoms with Crippen LogP contribution in [-0.4, -0.2) is 20.9 Å². The van der Waals surface area contributed by atoms with Gasteiger partial charge in [0.15, 0.2) is 0 Å². The van der Waals surface area contributed by atoms with Crippen LogP contribution in [0.5, 0.6) is 0 Å². The number of anilines is 1. The first kappa shape index (κ1) is 15.8. The lowest BCUT2D eigenvalue weighted by Gasteiger charge is -1.99. The van der Waals surface area contributed by atoms with E-state index in [9.17, 15) is 4.79 Å². The van der Waals surface area contributed by atoms with E-state index in [0.717, 1.165) is 21.6 Å². The monoisotopic (exact) mass is 368 g/mol. The van der Waals surface area contributed by atoms with Crippen molar-refractivity contribution in [3.63, 3.8) is 0 Å². The number of thiazole rings is 1. The lowest BCUT2D eigenvalue weighted by molar-refractivity contribution is 0.102. The van der Waals surface area contributed by atoms with Gasteiger partial charge in [-0.25, -0.2) is 9.97 Å². The van der Waals surface area contributed by atoms with Gasteiger partial charge in [-0.1, -0.05) is 35.9 Å². The van der Waals surface area contributed by atoms with E-state index in [4.69, 9.17) is 11.6 Å². The third-order valence-corrected chi connectivity index (χ3v) is 5.14. The fourth-order valence-electron chi connectivity index (χ4n) is 2.53. The molecule has 0 unspecified atom stereocenters. The van der Waals surface area contributed by atoms with E-state index >= 15 is 0 Å². The number of para-hydroxylation sites is 2. The fraction of sp³-hybridized carbons (Fsp3) is 0.0556. The predicted molar refractivity (Wildman–Crippen MR) is 101 cm³/mol. The number of fused-ring (bicyclic) bond motifs is 1. The highest BCUT2D eigenvalue weighted by atomic mass is 35.5. The van der Waals surface area contributed by atoms with Gasteiger partial charge in [-0.05, 0) is 31.2 Å². The summed E-state index contributed by atoms with van der Waals surface area (Å²) in [5, 5.41) is 4.20. The third-order valence-electron chi connectivity index (χ3n) is 3.70. The van der Waals surface area contributed by atoms with Crippen molar-refractivity contribution in [1.82, 2.24) is 15.0 Å². The summed E-state index contributed by atoms with van der Waals surface area (Å²) in [7, 11) is 0. The van der Waals surface area contributed by atoms with Crippen molar-refractivity contribution in [3.05, 3.63) is 64.1 Å². The number of aromatic amines is 1. The number of rotatable bonds is 3. The van der Waals surface area contributed by atoms with Crippen LogP contribution in [0.1, 0.15) is 15.4 Å². The van der Waals surface area contributed by atoms with E-state index < -0.39 is 0 Å². The molecule has 0 fully saturated rings. The van der Waals surface area contributed by atoms with Gasteiger partial charge in [0.25, 0.3) is 5.91 Å².